The van der Waals surface area contributed by atoms with Crippen molar-refractivity contribution in [2.45, 2.75) is 20.4 Å². The van der Waals surface area contributed by atoms with Gasteiger partial charge in [0.05, 0.1) is 40.9 Å². The second-order valence-electron chi connectivity index (χ2n) is 8.36. The van der Waals surface area contributed by atoms with Crippen LogP contribution in [0.2, 0.25) is 0 Å². The van der Waals surface area contributed by atoms with Crippen LogP contribution in [0.15, 0.2) is 70.9 Å². The molecule has 208 valence electrons. The number of esters is 1. The van der Waals surface area contributed by atoms with Crippen LogP contribution in [0.4, 0.5) is 34.1 Å². The van der Waals surface area contributed by atoms with E-state index in [9.17, 15) is 29.8 Å². The summed E-state index contributed by atoms with van der Waals surface area (Å²) >= 11 is 0. The second kappa shape index (κ2) is 13.4. The maximum absolute atomic E-state index is 12.0. The lowest BCUT2D eigenvalue weighted by molar-refractivity contribution is -0.393. The fourth-order valence-corrected chi connectivity index (χ4v) is 3.69. The van der Waals surface area contributed by atoms with Crippen LogP contribution < -0.4 is 15.0 Å². The molecule has 0 spiro atoms. The summed E-state index contributed by atoms with van der Waals surface area (Å²) in [4.78, 5) is 46.2. The molecule has 14 heteroatoms. The molecule has 3 rings (SSSR count). The zero-order valence-corrected chi connectivity index (χ0v) is 21.9. The first-order valence-corrected chi connectivity index (χ1v) is 11.9. The van der Waals surface area contributed by atoms with Crippen molar-refractivity contribution in [2.24, 2.45) is 10.2 Å². The van der Waals surface area contributed by atoms with E-state index in [1.165, 1.54) is 27.0 Å². The van der Waals surface area contributed by atoms with Crippen LogP contribution in [0, 0.1) is 20.2 Å². The standard InChI is InChI=1S/C26H26N6O8/c1-17(33)27-22-14-25(30(11-12-40-18(2)34)16-19-7-5-4-6-8-19)26(39-3)15-23(22)29-28-21-10-9-20(31(35)36)13-24(21)32(37)38/h4-10,13-15H,11-12,16H2,1-3H3,(H,27,33). The third-order valence-corrected chi connectivity index (χ3v) is 5.46. The van der Waals surface area contributed by atoms with Crippen LogP contribution in [0.1, 0.15) is 19.4 Å². The van der Waals surface area contributed by atoms with Gasteiger partial charge >= 0.3 is 11.7 Å². The molecule has 0 atom stereocenters. The number of hydrogen-bond acceptors (Lipinski definition) is 11. The van der Waals surface area contributed by atoms with Crippen molar-refractivity contribution in [2.75, 3.05) is 30.5 Å². The monoisotopic (exact) mass is 550 g/mol. The number of nitrogens with zero attached hydrogens (tertiary/aromatic N) is 5. The Morgan fingerprint density at radius 3 is 2.25 bits per heavy atom. The minimum Gasteiger partial charge on any atom is -0.494 e. The topological polar surface area (TPSA) is 179 Å². The van der Waals surface area contributed by atoms with E-state index in [0.717, 1.165) is 23.8 Å². The molecule has 0 heterocycles. The first-order valence-electron chi connectivity index (χ1n) is 11.9. The molecule has 3 aromatic rings. The average molecular weight is 551 g/mol. The highest BCUT2D eigenvalue weighted by Gasteiger charge is 2.21. The molecule has 0 saturated carbocycles. The number of rotatable bonds is 12. The van der Waals surface area contributed by atoms with E-state index in [2.05, 4.69) is 15.5 Å². The second-order valence-corrected chi connectivity index (χ2v) is 8.36. The molecule has 0 aliphatic carbocycles. The number of hydrogen-bond donors (Lipinski definition) is 1. The van der Waals surface area contributed by atoms with Gasteiger partial charge in [0.15, 0.2) is 5.69 Å². The molecule has 1 amide bonds. The van der Waals surface area contributed by atoms with Gasteiger partial charge in [-0.1, -0.05) is 30.3 Å². The predicted octanol–water partition coefficient (Wildman–Crippen LogP) is 5.46. The highest BCUT2D eigenvalue weighted by atomic mass is 16.6. The SMILES string of the molecule is COc1cc(N=Nc2ccc([N+](=O)[O-])cc2[N+](=O)[O-])c(NC(C)=O)cc1N(CCOC(C)=O)Cc1ccccc1. The lowest BCUT2D eigenvalue weighted by atomic mass is 10.1. The molecule has 0 aliphatic heterocycles. The van der Waals surface area contributed by atoms with Crippen LogP contribution in [0.5, 0.6) is 5.75 Å². The van der Waals surface area contributed by atoms with Crippen LogP contribution in [0.25, 0.3) is 0 Å². The third kappa shape index (κ3) is 7.80. The van der Waals surface area contributed by atoms with E-state index in [1.807, 2.05) is 35.2 Å². The number of azo groups is 1. The van der Waals surface area contributed by atoms with Crippen LogP contribution in [-0.4, -0.2) is 42.0 Å². The Bertz CT molecular complexity index is 1440. The molecular weight excluding hydrogens is 524 g/mol. The molecule has 3 aromatic carbocycles. The summed E-state index contributed by atoms with van der Waals surface area (Å²) in [7, 11) is 1.44. The van der Waals surface area contributed by atoms with Gasteiger partial charge in [0.25, 0.3) is 5.69 Å². The van der Waals surface area contributed by atoms with Gasteiger partial charge in [-0.15, -0.1) is 10.2 Å². The Morgan fingerprint density at radius 2 is 1.65 bits per heavy atom. The molecule has 0 unspecified atom stereocenters. The van der Waals surface area contributed by atoms with Gasteiger partial charge in [0.2, 0.25) is 5.91 Å². The number of ether oxygens (including phenoxy) is 2. The molecule has 0 fully saturated rings. The highest BCUT2D eigenvalue weighted by Crippen LogP contribution is 2.41. The van der Waals surface area contributed by atoms with Gasteiger partial charge in [0, 0.05) is 32.5 Å². The van der Waals surface area contributed by atoms with Crippen molar-refractivity contribution in [1.29, 1.82) is 0 Å². The molecule has 0 aliphatic rings. The van der Waals surface area contributed by atoms with Gasteiger partial charge in [-0.05, 0) is 17.7 Å². The zero-order chi connectivity index (χ0) is 29.2. The zero-order valence-electron chi connectivity index (χ0n) is 21.9. The van der Waals surface area contributed by atoms with Gasteiger partial charge in [-0.3, -0.25) is 29.8 Å². The average Bonchev–Trinajstić information content (AvgIpc) is 2.91. The third-order valence-electron chi connectivity index (χ3n) is 5.46. The van der Waals surface area contributed by atoms with E-state index in [4.69, 9.17) is 9.47 Å². The van der Waals surface area contributed by atoms with E-state index in [1.54, 1.807) is 6.07 Å². The minimum absolute atomic E-state index is 0.0893. The lowest BCUT2D eigenvalue weighted by Crippen LogP contribution is -2.28. The van der Waals surface area contributed by atoms with Gasteiger partial charge < -0.3 is 19.7 Å². The highest BCUT2D eigenvalue weighted by molar-refractivity contribution is 5.94. The van der Waals surface area contributed by atoms with Crippen molar-refractivity contribution in [3.05, 3.63) is 86.5 Å². The van der Waals surface area contributed by atoms with Crippen LogP contribution in [0.3, 0.4) is 0 Å². The summed E-state index contributed by atoms with van der Waals surface area (Å²) < 4.78 is 10.7. The number of nitro groups is 2. The first-order chi connectivity index (χ1) is 19.1. The summed E-state index contributed by atoms with van der Waals surface area (Å²) in [6.07, 6.45) is 0. The number of anilines is 2. The largest absolute Gasteiger partial charge is 0.494 e. The smallest absolute Gasteiger partial charge is 0.303 e. The summed E-state index contributed by atoms with van der Waals surface area (Å²) in [6.45, 7) is 3.40. The molecular formula is C26H26N6O8. The van der Waals surface area contributed by atoms with E-state index < -0.39 is 33.1 Å². The normalized spacial score (nSPS) is 10.7. The predicted molar refractivity (Wildman–Crippen MR) is 145 cm³/mol. The quantitative estimate of drug-likeness (QED) is 0.133. The van der Waals surface area contributed by atoms with E-state index >= 15 is 0 Å². The van der Waals surface area contributed by atoms with Crippen molar-refractivity contribution in [3.63, 3.8) is 0 Å². The molecule has 0 aromatic heterocycles. The molecule has 0 saturated heterocycles. The van der Waals surface area contributed by atoms with Crippen molar-refractivity contribution < 1.29 is 28.9 Å². The van der Waals surface area contributed by atoms with Gasteiger partial charge in [0.1, 0.15) is 18.0 Å². The molecule has 0 radical (unpaired) electrons. The molecule has 1 N–H and O–H groups in total. The number of non-ortho nitro benzene ring substituents is 1. The Hall–Kier alpha value is -5.40. The number of nitro benzene ring substituents is 2. The van der Waals surface area contributed by atoms with Crippen molar-refractivity contribution >= 4 is 46.0 Å². The summed E-state index contributed by atoms with van der Waals surface area (Å²) in [5.74, 6) is -0.509. The minimum atomic E-state index is -0.801. The number of carbonyl (C=O) groups is 2. The van der Waals surface area contributed by atoms with Crippen molar-refractivity contribution in [1.82, 2.24) is 0 Å². The summed E-state index contributed by atoms with van der Waals surface area (Å²) in [5.41, 5.74) is 0.542. The molecule has 0 bridgehead atoms. The fourth-order valence-electron chi connectivity index (χ4n) is 3.69. The number of carbonyl (C=O) groups excluding carboxylic acids is 2. The van der Waals surface area contributed by atoms with E-state index in [0.29, 0.717) is 24.5 Å². The van der Waals surface area contributed by atoms with Crippen LogP contribution >= 0.6 is 0 Å². The summed E-state index contributed by atoms with van der Waals surface area (Å²) in [5, 5.41) is 33.2. The maximum atomic E-state index is 12.0. The number of benzene rings is 3. The Balaban J connectivity index is 2.08. The van der Waals surface area contributed by atoms with Crippen molar-refractivity contribution in [3.8, 4) is 5.75 Å². The number of nitrogens with one attached hydrogen (secondary N) is 1. The summed E-state index contributed by atoms with van der Waals surface area (Å²) in [6, 6.07) is 15.6. The lowest BCUT2D eigenvalue weighted by Gasteiger charge is -2.27. The molecule has 14 nitrogen and oxygen atoms in total. The van der Waals surface area contributed by atoms with Crippen LogP contribution in [-0.2, 0) is 20.9 Å². The Labute approximate surface area is 228 Å². The Morgan fingerprint density at radius 1 is 0.950 bits per heavy atom. The molecule has 40 heavy (non-hydrogen) atoms. The number of methoxy groups -OCH3 is 1. The fraction of sp³-hybridized carbons (Fsp3) is 0.231. The maximum Gasteiger partial charge on any atom is 0.303 e. The van der Waals surface area contributed by atoms with Gasteiger partial charge in [-0.25, -0.2) is 0 Å². The van der Waals surface area contributed by atoms with E-state index in [-0.39, 0.29) is 23.7 Å². The number of amides is 1. The first kappa shape index (κ1) is 29.2. The Kier molecular flexibility index (Phi) is 9.78. The van der Waals surface area contributed by atoms with Gasteiger partial charge in [-0.2, -0.15) is 0 Å².